The van der Waals surface area contributed by atoms with Crippen molar-refractivity contribution >= 4 is 11.9 Å². The third-order valence-corrected chi connectivity index (χ3v) is 4.11. The zero-order chi connectivity index (χ0) is 13.3. The van der Waals surface area contributed by atoms with Crippen LogP contribution in [-0.4, -0.2) is 47.7 Å². The molecule has 1 aliphatic carbocycles. The summed E-state index contributed by atoms with van der Waals surface area (Å²) in [7, 11) is 0. The van der Waals surface area contributed by atoms with E-state index in [0.717, 1.165) is 12.8 Å². The van der Waals surface area contributed by atoms with Gasteiger partial charge in [-0.25, -0.2) is 0 Å². The van der Waals surface area contributed by atoms with Crippen molar-refractivity contribution in [1.29, 1.82) is 0 Å². The van der Waals surface area contributed by atoms with Gasteiger partial charge in [-0.3, -0.25) is 9.59 Å². The van der Waals surface area contributed by atoms with Crippen LogP contribution in [0.4, 0.5) is 0 Å². The first-order chi connectivity index (χ1) is 8.56. The first kappa shape index (κ1) is 13.3. The maximum atomic E-state index is 12.4. The highest BCUT2D eigenvalue weighted by molar-refractivity contribution is 5.81. The summed E-state index contributed by atoms with van der Waals surface area (Å²) >= 11 is 0. The van der Waals surface area contributed by atoms with E-state index in [1.54, 1.807) is 4.90 Å². The molecular formula is C13H21NO4. The number of ether oxygens (including phenoxy) is 1. The lowest BCUT2D eigenvalue weighted by molar-refractivity contribution is -0.146. The molecule has 0 spiro atoms. The van der Waals surface area contributed by atoms with Crippen LogP contribution in [0.25, 0.3) is 0 Å². The van der Waals surface area contributed by atoms with Crippen LogP contribution in [0.3, 0.4) is 0 Å². The normalized spacial score (nSPS) is 29.0. The zero-order valence-corrected chi connectivity index (χ0v) is 11.0. The molecule has 1 aliphatic heterocycles. The first-order valence-corrected chi connectivity index (χ1v) is 6.67. The molecule has 2 fully saturated rings. The molecule has 0 aromatic rings. The summed E-state index contributed by atoms with van der Waals surface area (Å²) in [6.45, 7) is 4.95. The van der Waals surface area contributed by atoms with Crippen LogP contribution in [-0.2, 0) is 14.3 Å². The molecule has 3 unspecified atom stereocenters. The second kappa shape index (κ2) is 5.26. The van der Waals surface area contributed by atoms with Crippen molar-refractivity contribution in [2.75, 3.05) is 19.8 Å². The number of carboxylic acids is 1. The van der Waals surface area contributed by atoms with Crippen LogP contribution in [0.5, 0.6) is 0 Å². The average molecular weight is 255 g/mol. The van der Waals surface area contributed by atoms with Crippen molar-refractivity contribution < 1.29 is 19.4 Å². The van der Waals surface area contributed by atoms with Crippen molar-refractivity contribution in [2.45, 2.75) is 32.7 Å². The minimum absolute atomic E-state index is 0.0139. The third-order valence-electron chi connectivity index (χ3n) is 4.11. The Morgan fingerprint density at radius 2 is 2.06 bits per heavy atom. The molecule has 18 heavy (non-hydrogen) atoms. The molecule has 0 aromatic carbocycles. The van der Waals surface area contributed by atoms with Gasteiger partial charge in [0.2, 0.25) is 5.91 Å². The standard InChI is InChI=1S/C13H21NO4/c1-3-14(12(15)8(2)9-4-5-9)11-7-18-6-10(11)13(16)17/h8-11H,3-7H2,1-2H3,(H,16,17). The molecule has 3 atom stereocenters. The van der Waals surface area contributed by atoms with Gasteiger partial charge < -0.3 is 14.7 Å². The second-order valence-electron chi connectivity index (χ2n) is 5.30. The van der Waals surface area contributed by atoms with Gasteiger partial charge in [0.15, 0.2) is 0 Å². The Morgan fingerprint density at radius 1 is 1.39 bits per heavy atom. The molecule has 0 aromatic heterocycles. The van der Waals surface area contributed by atoms with E-state index in [4.69, 9.17) is 9.84 Å². The molecule has 1 saturated carbocycles. The van der Waals surface area contributed by atoms with E-state index < -0.39 is 11.9 Å². The predicted octanol–water partition coefficient (Wildman–Crippen LogP) is 0.981. The molecule has 1 saturated heterocycles. The molecule has 2 aliphatic rings. The summed E-state index contributed by atoms with van der Waals surface area (Å²) in [4.78, 5) is 25.2. The van der Waals surface area contributed by atoms with Crippen molar-refractivity contribution in [3.05, 3.63) is 0 Å². The molecular weight excluding hydrogens is 234 g/mol. The van der Waals surface area contributed by atoms with E-state index in [1.165, 1.54) is 0 Å². The Kier molecular flexibility index (Phi) is 3.90. The minimum Gasteiger partial charge on any atom is -0.481 e. The van der Waals surface area contributed by atoms with Crippen molar-refractivity contribution in [2.24, 2.45) is 17.8 Å². The van der Waals surface area contributed by atoms with E-state index in [2.05, 4.69) is 0 Å². The Bertz CT molecular complexity index is 340. The van der Waals surface area contributed by atoms with Crippen LogP contribution in [0.2, 0.25) is 0 Å². The Balaban J connectivity index is 2.07. The summed E-state index contributed by atoms with van der Waals surface area (Å²) in [6.07, 6.45) is 2.24. The van der Waals surface area contributed by atoms with Gasteiger partial charge in [0.1, 0.15) is 5.92 Å². The summed E-state index contributed by atoms with van der Waals surface area (Å²) in [6, 6.07) is -0.304. The number of carboxylic acid groups (broad SMARTS) is 1. The van der Waals surface area contributed by atoms with E-state index in [0.29, 0.717) is 19.1 Å². The predicted molar refractivity (Wildman–Crippen MR) is 65.0 cm³/mol. The molecule has 0 radical (unpaired) electrons. The SMILES string of the molecule is CCN(C(=O)C(C)C1CC1)C1COCC1C(=O)O. The zero-order valence-electron chi connectivity index (χ0n) is 11.0. The fourth-order valence-electron chi connectivity index (χ4n) is 2.70. The van der Waals surface area contributed by atoms with E-state index in [-0.39, 0.29) is 24.5 Å². The number of amides is 1. The van der Waals surface area contributed by atoms with E-state index in [1.807, 2.05) is 13.8 Å². The number of hydrogen-bond acceptors (Lipinski definition) is 3. The lowest BCUT2D eigenvalue weighted by Gasteiger charge is -2.31. The minimum atomic E-state index is -0.872. The number of rotatable bonds is 5. The molecule has 5 heteroatoms. The molecule has 0 bridgehead atoms. The topological polar surface area (TPSA) is 66.8 Å². The molecule has 1 N–H and O–H groups in total. The largest absolute Gasteiger partial charge is 0.481 e. The van der Waals surface area contributed by atoms with Gasteiger partial charge in [-0.2, -0.15) is 0 Å². The van der Waals surface area contributed by atoms with Crippen molar-refractivity contribution in [3.8, 4) is 0 Å². The molecule has 1 amide bonds. The Labute approximate surface area is 107 Å². The maximum Gasteiger partial charge on any atom is 0.311 e. The number of likely N-dealkylation sites (N-methyl/N-ethyl adjacent to an activating group) is 1. The van der Waals surface area contributed by atoms with Gasteiger partial charge in [0.25, 0.3) is 0 Å². The van der Waals surface area contributed by atoms with Gasteiger partial charge >= 0.3 is 5.97 Å². The lowest BCUT2D eigenvalue weighted by Crippen LogP contribution is -2.48. The van der Waals surface area contributed by atoms with E-state index >= 15 is 0 Å². The summed E-state index contributed by atoms with van der Waals surface area (Å²) in [5.41, 5.74) is 0. The van der Waals surface area contributed by atoms with Crippen molar-refractivity contribution in [3.63, 3.8) is 0 Å². The van der Waals surface area contributed by atoms with E-state index in [9.17, 15) is 9.59 Å². The fraction of sp³-hybridized carbons (Fsp3) is 0.846. The summed E-state index contributed by atoms with van der Waals surface area (Å²) in [5, 5.41) is 9.15. The van der Waals surface area contributed by atoms with Crippen LogP contribution >= 0.6 is 0 Å². The van der Waals surface area contributed by atoms with Gasteiger partial charge in [0, 0.05) is 12.5 Å². The average Bonchev–Trinajstić information content (AvgIpc) is 3.07. The van der Waals surface area contributed by atoms with Crippen LogP contribution < -0.4 is 0 Å². The monoisotopic (exact) mass is 255 g/mol. The highest BCUT2D eigenvalue weighted by atomic mass is 16.5. The van der Waals surface area contributed by atoms with Gasteiger partial charge in [-0.05, 0) is 25.7 Å². The summed E-state index contributed by atoms with van der Waals surface area (Å²) in [5.74, 6) is -0.859. The Morgan fingerprint density at radius 3 is 2.56 bits per heavy atom. The lowest BCUT2D eigenvalue weighted by atomic mass is 9.98. The molecule has 102 valence electrons. The number of carbonyl (C=O) groups excluding carboxylic acids is 1. The highest BCUT2D eigenvalue weighted by Crippen LogP contribution is 2.38. The van der Waals surface area contributed by atoms with Crippen LogP contribution in [0.15, 0.2) is 0 Å². The number of nitrogens with zero attached hydrogens (tertiary/aromatic N) is 1. The molecule has 5 nitrogen and oxygen atoms in total. The summed E-state index contributed by atoms with van der Waals surface area (Å²) < 4.78 is 5.25. The van der Waals surface area contributed by atoms with Crippen molar-refractivity contribution in [1.82, 2.24) is 4.90 Å². The number of hydrogen-bond donors (Lipinski definition) is 1. The maximum absolute atomic E-state index is 12.4. The van der Waals surface area contributed by atoms with Gasteiger partial charge in [-0.15, -0.1) is 0 Å². The second-order valence-corrected chi connectivity index (χ2v) is 5.30. The fourth-order valence-corrected chi connectivity index (χ4v) is 2.70. The molecule has 1 heterocycles. The highest BCUT2D eigenvalue weighted by Gasteiger charge is 2.42. The Hall–Kier alpha value is -1.10. The van der Waals surface area contributed by atoms with Crippen LogP contribution in [0.1, 0.15) is 26.7 Å². The third kappa shape index (κ3) is 2.51. The van der Waals surface area contributed by atoms with Gasteiger partial charge in [0.05, 0.1) is 19.3 Å². The number of aliphatic carboxylic acids is 1. The smallest absolute Gasteiger partial charge is 0.311 e. The van der Waals surface area contributed by atoms with Gasteiger partial charge in [-0.1, -0.05) is 6.92 Å². The van der Waals surface area contributed by atoms with Crippen LogP contribution in [0, 0.1) is 17.8 Å². The number of carbonyl (C=O) groups is 2. The first-order valence-electron chi connectivity index (χ1n) is 6.67. The molecule has 2 rings (SSSR count). The quantitative estimate of drug-likeness (QED) is 0.795.